The summed E-state index contributed by atoms with van der Waals surface area (Å²) >= 11 is 14.9. The molecule has 3 amide bonds. The summed E-state index contributed by atoms with van der Waals surface area (Å²) < 4.78 is 16.5. The number of anilines is 2. The molecule has 0 bridgehead atoms. The van der Waals surface area contributed by atoms with Crippen molar-refractivity contribution < 1.29 is 28.6 Å². The van der Waals surface area contributed by atoms with Crippen LogP contribution in [-0.2, 0) is 9.59 Å². The maximum atomic E-state index is 14.0. The Morgan fingerprint density at radius 2 is 1.45 bits per heavy atom. The summed E-state index contributed by atoms with van der Waals surface area (Å²) in [6.07, 6.45) is 1.50. The summed E-state index contributed by atoms with van der Waals surface area (Å²) in [6, 6.07) is 33.5. The summed E-state index contributed by atoms with van der Waals surface area (Å²) in [6.45, 7) is 0. The molecule has 0 spiro atoms. The summed E-state index contributed by atoms with van der Waals surface area (Å²) in [5, 5.41) is 11.0. The van der Waals surface area contributed by atoms with Crippen LogP contribution in [0, 0.1) is 0 Å². The average molecular weight is 826 g/mol. The molecule has 6 aromatic rings. The summed E-state index contributed by atoms with van der Waals surface area (Å²) in [5.41, 5.74) is 3.36. The van der Waals surface area contributed by atoms with E-state index in [2.05, 4.69) is 20.9 Å². The zero-order chi connectivity index (χ0) is 39.6. The number of carbonyl (C=O) groups is 3. The van der Waals surface area contributed by atoms with E-state index in [0.29, 0.717) is 59.8 Å². The lowest BCUT2D eigenvalue weighted by molar-refractivity contribution is -0.116. The molecule has 3 N–H and O–H groups in total. The molecule has 0 saturated heterocycles. The van der Waals surface area contributed by atoms with Gasteiger partial charge in [-0.15, -0.1) is 23.1 Å². The Morgan fingerprint density at radius 1 is 0.750 bits per heavy atom. The van der Waals surface area contributed by atoms with Gasteiger partial charge in [0.05, 0.1) is 37.1 Å². The summed E-state index contributed by atoms with van der Waals surface area (Å²) in [5.74, 6) is -0.171. The highest BCUT2D eigenvalue weighted by Gasteiger charge is 2.24. The first-order valence-corrected chi connectivity index (χ1v) is 19.4. The molecule has 1 aromatic heterocycles. The van der Waals surface area contributed by atoms with Crippen molar-refractivity contribution in [3.05, 3.63) is 153 Å². The number of carbonyl (C=O) groups excluding carboxylic acids is 3. The fourth-order valence-electron chi connectivity index (χ4n) is 5.44. The number of methoxy groups -OCH3 is 3. The molecule has 1 unspecified atom stereocenters. The maximum Gasteiger partial charge on any atom is 0.272 e. The second-order valence-electron chi connectivity index (χ2n) is 11.9. The maximum absolute atomic E-state index is 14.0. The minimum Gasteiger partial charge on any atom is -0.496 e. The van der Waals surface area contributed by atoms with Crippen LogP contribution < -0.4 is 30.2 Å². The van der Waals surface area contributed by atoms with Gasteiger partial charge in [-0.3, -0.25) is 14.4 Å². The Bertz CT molecular complexity index is 2390. The second kappa shape index (κ2) is 18.7. The number of ether oxygens (including phenoxy) is 3. The van der Waals surface area contributed by atoms with Crippen LogP contribution in [0.5, 0.6) is 17.2 Å². The van der Waals surface area contributed by atoms with Crippen LogP contribution in [0.3, 0.4) is 0 Å². The van der Waals surface area contributed by atoms with Gasteiger partial charge in [-0.05, 0) is 60.2 Å². The van der Waals surface area contributed by atoms with E-state index in [0.717, 1.165) is 11.1 Å². The van der Waals surface area contributed by atoms with Crippen LogP contribution in [0.4, 0.5) is 10.8 Å². The normalized spacial score (nSPS) is 11.6. The topological polar surface area (TPSA) is 128 Å². The van der Waals surface area contributed by atoms with Crippen molar-refractivity contribution in [2.45, 2.75) is 10.1 Å². The Kier molecular flexibility index (Phi) is 13.3. The number of amides is 3. The first-order valence-electron chi connectivity index (χ1n) is 16.9. The van der Waals surface area contributed by atoms with Gasteiger partial charge in [0.15, 0.2) is 16.6 Å². The molecule has 6 rings (SSSR count). The minimum absolute atomic E-state index is 0.0624. The van der Waals surface area contributed by atoms with Crippen molar-refractivity contribution >= 4 is 80.9 Å². The quantitative estimate of drug-likeness (QED) is 0.0732. The van der Waals surface area contributed by atoms with Gasteiger partial charge in [0.25, 0.3) is 11.8 Å². The van der Waals surface area contributed by atoms with Gasteiger partial charge in [-0.1, -0.05) is 83.9 Å². The lowest BCUT2D eigenvalue weighted by atomic mass is 10.1. The second-order valence-corrected chi connectivity index (χ2v) is 14.7. The molecular formula is C42H34Cl2N4O6S2. The summed E-state index contributed by atoms with van der Waals surface area (Å²) in [4.78, 5) is 46.5. The molecule has 56 heavy (non-hydrogen) atoms. The number of nitrogens with one attached hydrogen (secondary N) is 3. The highest BCUT2D eigenvalue weighted by Crippen LogP contribution is 2.39. The molecule has 0 saturated carbocycles. The standard InChI is InChI=1S/C42H34Cl2N4O6S2/c1-52-35-23-37(54-3)36(53-2)21-28(35)20-33(46-39(49)26-13-8-5-9-14-26)40(50)45-29-15-10-16-30(22-29)56-38(25-11-6-4-7-12-25)41(51)48-42-47-34(24-55-42)27-17-18-31(43)32(44)19-27/h4-24,38H,1-3H3,(H,45,50)(H,46,49)(H,47,48,51)/b33-20+. The van der Waals surface area contributed by atoms with Crippen molar-refractivity contribution in [1.29, 1.82) is 0 Å². The molecule has 0 fully saturated rings. The summed E-state index contributed by atoms with van der Waals surface area (Å²) in [7, 11) is 4.48. The van der Waals surface area contributed by atoms with Crippen molar-refractivity contribution in [3.8, 4) is 28.5 Å². The van der Waals surface area contributed by atoms with Crippen molar-refractivity contribution in [3.63, 3.8) is 0 Å². The van der Waals surface area contributed by atoms with Crippen molar-refractivity contribution in [2.24, 2.45) is 0 Å². The molecule has 284 valence electrons. The molecule has 5 aromatic carbocycles. The number of thiazole rings is 1. The predicted octanol–water partition coefficient (Wildman–Crippen LogP) is 10.0. The highest BCUT2D eigenvalue weighted by atomic mass is 35.5. The number of hydrogen-bond acceptors (Lipinski definition) is 9. The van der Waals surface area contributed by atoms with Gasteiger partial charge in [-0.2, -0.15) is 0 Å². The molecular weight excluding hydrogens is 792 g/mol. The van der Waals surface area contributed by atoms with Crippen LogP contribution in [0.25, 0.3) is 17.3 Å². The highest BCUT2D eigenvalue weighted by molar-refractivity contribution is 8.00. The molecule has 0 aliphatic carbocycles. The molecule has 0 aliphatic heterocycles. The smallest absolute Gasteiger partial charge is 0.272 e. The third-order valence-electron chi connectivity index (χ3n) is 8.20. The van der Waals surface area contributed by atoms with Gasteiger partial charge >= 0.3 is 0 Å². The Labute approximate surface area is 341 Å². The number of aromatic nitrogens is 1. The Morgan fingerprint density at radius 3 is 2.14 bits per heavy atom. The predicted molar refractivity (Wildman–Crippen MR) is 224 cm³/mol. The van der Waals surface area contributed by atoms with Gasteiger partial charge < -0.3 is 30.2 Å². The number of benzene rings is 5. The fraction of sp³-hybridized carbons (Fsp3) is 0.0952. The van der Waals surface area contributed by atoms with Gasteiger partial charge in [0, 0.05) is 38.7 Å². The number of thioether (sulfide) groups is 1. The van der Waals surface area contributed by atoms with Crippen LogP contribution in [0.15, 0.2) is 131 Å². The van der Waals surface area contributed by atoms with E-state index < -0.39 is 17.1 Å². The number of nitrogens with zero attached hydrogens (tertiary/aromatic N) is 1. The fourth-order valence-corrected chi connectivity index (χ4v) is 7.54. The molecule has 0 radical (unpaired) electrons. The average Bonchev–Trinajstić information content (AvgIpc) is 3.69. The van der Waals surface area contributed by atoms with Crippen LogP contribution >= 0.6 is 46.3 Å². The van der Waals surface area contributed by atoms with Crippen LogP contribution in [0.1, 0.15) is 26.7 Å². The SMILES string of the molecule is COc1cc(OC)c(OC)cc1/C=C(/NC(=O)c1ccccc1)C(=O)Nc1cccc(SC(C(=O)Nc2nc(-c3ccc(Cl)c(Cl)c3)cs2)c2ccccc2)c1. The molecule has 14 heteroatoms. The Hall–Kier alpha value is -5.79. The van der Waals surface area contributed by atoms with E-state index in [-0.39, 0.29) is 11.6 Å². The first-order chi connectivity index (χ1) is 27.1. The van der Waals surface area contributed by atoms with E-state index >= 15 is 0 Å². The third kappa shape index (κ3) is 9.89. The molecule has 1 atom stereocenters. The van der Waals surface area contributed by atoms with Crippen molar-refractivity contribution in [2.75, 3.05) is 32.0 Å². The van der Waals surface area contributed by atoms with Gasteiger partial charge in [0.2, 0.25) is 5.91 Å². The third-order valence-corrected chi connectivity index (χ3v) is 10.9. The van der Waals surface area contributed by atoms with E-state index in [9.17, 15) is 14.4 Å². The van der Waals surface area contributed by atoms with E-state index in [1.54, 1.807) is 72.8 Å². The number of rotatable bonds is 14. The first kappa shape index (κ1) is 39.9. The largest absolute Gasteiger partial charge is 0.496 e. The monoisotopic (exact) mass is 824 g/mol. The van der Waals surface area contributed by atoms with Crippen LogP contribution in [0.2, 0.25) is 10.0 Å². The molecule has 10 nitrogen and oxygen atoms in total. The molecule has 1 heterocycles. The molecule has 0 aliphatic rings. The zero-order valence-corrected chi connectivity index (χ0v) is 33.3. The number of hydrogen-bond donors (Lipinski definition) is 3. The minimum atomic E-state index is -0.683. The number of halogens is 2. The zero-order valence-electron chi connectivity index (χ0n) is 30.2. The van der Waals surface area contributed by atoms with E-state index in [4.69, 9.17) is 37.4 Å². The lowest BCUT2D eigenvalue weighted by Gasteiger charge is -2.17. The van der Waals surface area contributed by atoms with E-state index in [1.807, 2.05) is 47.8 Å². The lowest BCUT2D eigenvalue weighted by Crippen LogP contribution is -2.30. The van der Waals surface area contributed by atoms with E-state index in [1.165, 1.54) is 50.5 Å². The van der Waals surface area contributed by atoms with Crippen LogP contribution in [-0.4, -0.2) is 44.0 Å². The van der Waals surface area contributed by atoms with Gasteiger partial charge in [-0.25, -0.2) is 4.98 Å². The van der Waals surface area contributed by atoms with Crippen molar-refractivity contribution in [1.82, 2.24) is 10.3 Å². The van der Waals surface area contributed by atoms with Gasteiger partial charge in [0.1, 0.15) is 16.7 Å². The Balaban J connectivity index is 1.25.